The molecule has 8 heteroatoms. The Labute approximate surface area is 115 Å². The number of benzene rings is 1. The molecular formula is C12H15F3N2O2S. The fourth-order valence-corrected chi connectivity index (χ4v) is 4.33. The van der Waals surface area contributed by atoms with Gasteiger partial charge in [0.25, 0.3) is 0 Å². The molecule has 112 valence electrons. The monoisotopic (exact) mass is 308 g/mol. The molecule has 20 heavy (non-hydrogen) atoms. The van der Waals surface area contributed by atoms with E-state index in [1.54, 1.807) is 0 Å². The number of hydrogen-bond donors (Lipinski definition) is 1. The molecule has 0 radical (unpaired) electrons. The molecule has 1 atom stereocenters. The molecule has 0 amide bonds. The van der Waals surface area contributed by atoms with E-state index in [-0.39, 0.29) is 13.1 Å². The Morgan fingerprint density at radius 3 is 2.55 bits per heavy atom. The summed E-state index contributed by atoms with van der Waals surface area (Å²) >= 11 is 0. The predicted octanol–water partition coefficient (Wildman–Crippen LogP) is 1.82. The first-order valence-corrected chi connectivity index (χ1v) is 7.60. The van der Waals surface area contributed by atoms with E-state index in [1.807, 2.05) is 0 Å². The average molecular weight is 308 g/mol. The van der Waals surface area contributed by atoms with Crippen molar-refractivity contribution in [1.29, 1.82) is 0 Å². The van der Waals surface area contributed by atoms with Crippen molar-refractivity contribution in [1.82, 2.24) is 4.31 Å². The van der Waals surface area contributed by atoms with Crippen LogP contribution in [0, 0.1) is 0 Å². The number of nitrogens with zero attached hydrogens (tertiary/aromatic N) is 1. The van der Waals surface area contributed by atoms with E-state index >= 15 is 0 Å². The molecule has 4 nitrogen and oxygen atoms in total. The zero-order chi connectivity index (χ0) is 15.0. The van der Waals surface area contributed by atoms with Gasteiger partial charge in [-0.25, -0.2) is 8.42 Å². The van der Waals surface area contributed by atoms with Gasteiger partial charge in [0.2, 0.25) is 10.0 Å². The second-order valence-corrected chi connectivity index (χ2v) is 6.50. The third-order valence-corrected chi connectivity index (χ3v) is 5.38. The van der Waals surface area contributed by atoms with Crippen molar-refractivity contribution in [2.24, 2.45) is 5.73 Å². The van der Waals surface area contributed by atoms with Crippen LogP contribution in [0.2, 0.25) is 0 Å². The maximum Gasteiger partial charge on any atom is 0.417 e. The molecule has 2 N–H and O–H groups in total. The van der Waals surface area contributed by atoms with Crippen LogP contribution >= 0.6 is 0 Å². The molecule has 0 aromatic heterocycles. The largest absolute Gasteiger partial charge is 0.417 e. The Hall–Kier alpha value is -1.12. The first-order chi connectivity index (χ1) is 9.28. The number of nitrogens with two attached hydrogens (primary N) is 1. The summed E-state index contributed by atoms with van der Waals surface area (Å²) in [6, 6.07) is 3.80. The van der Waals surface area contributed by atoms with E-state index in [2.05, 4.69) is 0 Å². The number of hydrogen-bond acceptors (Lipinski definition) is 3. The summed E-state index contributed by atoms with van der Waals surface area (Å²) in [5.74, 6) is 0. The molecule has 1 heterocycles. The first kappa shape index (κ1) is 15.3. The van der Waals surface area contributed by atoms with Gasteiger partial charge in [0.05, 0.1) is 10.5 Å². The molecule has 1 aliphatic heterocycles. The molecule has 0 aliphatic carbocycles. The lowest BCUT2D eigenvalue weighted by atomic mass is 10.2. The molecule has 1 fully saturated rings. The third kappa shape index (κ3) is 2.68. The van der Waals surface area contributed by atoms with Crippen molar-refractivity contribution in [3.8, 4) is 0 Å². The van der Waals surface area contributed by atoms with E-state index in [1.165, 1.54) is 12.1 Å². The molecule has 2 rings (SSSR count). The van der Waals surface area contributed by atoms with Gasteiger partial charge in [-0.05, 0) is 25.0 Å². The zero-order valence-corrected chi connectivity index (χ0v) is 11.4. The number of sulfonamides is 1. The molecule has 1 aromatic rings. The third-order valence-electron chi connectivity index (χ3n) is 3.37. The van der Waals surface area contributed by atoms with Gasteiger partial charge in [0.1, 0.15) is 0 Å². The summed E-state index contributed by atoms with van der Waals surface area (Å²) in [6.45, 7) is 0.309. The van der Waals surface area contributed by atoms with Gasteiger partial charge < -0.3 is 5.73 Å². The topological polar surface area (TPSA) is 63.4 Å². The molecule has 0 spiro atoms. The van der Waals surface area contributed by atoms with Crippen molar-refractivity contribution < 1.29 is 21.6 Å². The van der Waals surface area contributed by atoms with Gasteiger partial charge in [0, 0.05) is 19.1 Å². The van der Waals surface area contributed by atoms with Crippen LogP contribution < -0.4 is 5.73 Å². The van der Waals surface area contributed by atoms with Crippen LogP contribution in [-0.2, 0) is 16.2 Å². The maximum atomic E-state index is 12.9. The Morgan fingerprint density at radius 2 is 1.95 bits per heavy atom. The fourth-order valence-electron chi connectivity index (χ4n) is 2.41. The Balaban J connectivity index is 2.50. The summed E-state index contributed by atoms with van der Waals surface area (Å²) < 4.78 is 64.8. The van der Waals surface area contributed by atoms with Gasteiger partial charge in [-0.1, -0.05) is 12.1 Å². The smallest absolute Gasteiger partial charge is 0.329 e. The molecule has 1 aromatic carbocycles. The Bertz CT molecular complexity index is 587. The highest BCUT2D eigenvalue weighted by Crippen LogP contribution is 2.36. The quantitative estimate of drug-likeness (QED) is 0.926. The van der Waals surface area contributed by atoms with Crippen molar-refractivity contribution in [2.45, 2.75) is 30.0 Å². The van der Waals surface area contributed by atoms with Gasteiger partial charge in [-0.15, -0.1) is 0 Å². The van der Waals surface area contributed by atoms with Crippen LogP contribution in [0.4, 0.5) is 13.2 Å². The van der Waals surface area contributed by atoms with E-state index in [4.69, 9.17) is 5.73 Å². The van der Waals surface area contributed by atoms with Gasteiger partial charge >= 0.3 is 6.18 Å². The fraction of sp³-hybridized carbons (Fsp3) is 0.500. The summed E-state index contributed by atoms with van der Waals surface area (Å²) in [4.78, 5) is -0.701. The summed E-state index contributed by atoms with van der Waals surface area (Å²) in [7, 11) is -4.18. The van der Waals surface area contributed by atoms with Gasteiger partial charge in [-0.2, -0.15) is 17.5 Å². The Kier molecular flexibility index (Phi) is 4.08. The van der Waals surface area contributed by atoms with E-state index in [0.29, 0.717) is 12.8 Å². The minimum absolute atomic E-state index is 0.105. The summed E-state index contributed by atoms with van der Waals surface area (Å²) in [6.07, 6.45) is -3.53. The van der Waals surface area contributed by atoms with Gasteiger partial charge in [-0.3, -0.25) is 0 Å². The van der Waals surface area contributed by atoms with Crippen molar-refractivity contribution in [3.63, 3.8) is 0 Å². The van der Waals surface area contributed by atoms with Crippen LogP contribution in [0.1, 0.15) is 18.4 Å². The molecule has 0 unspecified atom stereocenters. The van der Waals surface area contributed by atoms with Crippen molar-refractivity contribution >= 4 is 10.0 Å². The van der Waals surface area contributed by atoms with Crippen molar-refractivity contribution in [2.75, 3.05) is 13.1 Å². The second kappa shape index (κ2) is 5.34. The van der Waals surface area contributed by atoms with Crippen molar-refractivity contribution in [3.05, 3.63) is 29.8 Å². The van der Waals surface area contributed by atoms with Gasteiger partial charge in [0.15, 0.2) is 0 Å². The van der Waals surface area contributed by atoms with E-state index in [0.717, 1.165) is 16.4 Å². The lowest BCUT2D eigenvalue weighted by molar-refractivity contribution is -0.139. The second-order valence-electron chi connectivity index (χ2n) is 4.64. The average Bonchev–Trinajstić information content (AvgIpc) is 2.86. The number of halogens is 3. The lowest BCUT2D eigenvalue weighted by Crippen LogP contribution is -2.40. The maximum absolute atomic E-state index is 12.9. The van der Waals surface area contributed by atoms with Crippen LogP contribution in [-0.4, -0.2) is 31.9 Å². The number of alkyl halides is 3. The molecule has 0 saturated carbocycles. The summed E-state index contributed by atoms with van der Waals surface area (Å²) in [5.41, 5.74) is 4.36. The molecule has 0 bridgehead atoms. The van der Waals surface area contributed by atoms with E-state index in [9.17, 15) is 21.6 Å². The normalized spacial score (nSPS) is 21.3. The highest BCUT2D eigenvalue weighted by molar-refractivity contribution is 7.89. The van der Waals surface area contributed by atoms with Crippen LogP contribution in [0.25, 0.3) is 0 Å². The minimum atomic E-state index is -4.71. The lowest BCUT2D eigenvalue weighted by Gasteiger charge is -2.24. The first-order valence-electron chi connectivity index (χ1n) is 6.16. The number of rotatable bonds is 3. The summed E-state index contributed by atoms with van der Waals surface area (Å²) in [5, 5.41) is 0. The zero-order valence-electron chi connectivity index (χ0n) is 10.6. The Morgan fingerprint density at radius 1 is 1.30 bits per heavy atom. The molecule has 1 saturated heterocycles. The highest BCUT2D eigenvalue weighted by Gasteiger charge is 2.41. The molecular weight excluding hydrogens is 293 g/mol. The van der Waals surface area contributed by atoms with Crippen LogP contribution in [0.15, 0.2) is 29.2 Å². The molecule has 1 aliphatic rings. The van der Waals surface area contributed by atoms with Crippen LogP contribution in [0.3, 0.4) is 0 Å². The highest BCUT2D eigenvalue weighted by atomic mass is 32.2. The minimum Gasteiger partial charge on any atom is -0.329 e. The van der Waals surface area contributed by atoms with Crippen LogP contribution in [0.5, 0.6) is 0 Å². The standard InChI is InChI=1S/C12H15F3N2O2S/c13-12(14,15)10-5-1-2-6-11(10)20(18,19)17-7-3-4-9(17)8-16/h1-2,5-6,9H,3-4,7-8,16H2/t9-/m0/s1. The SMILES string of the molecule is NC[C@@H]1CCCN1S(=O)(=O)c1ccccc1C(F)(F)F. The van der Waals surface area contributed by atoms with E-state index < -0.39 is 32.7 Å². The predicted molar refractivity (Wildman–Crippen MR) is 67.4 cm³/mol.